The van der Waals surface area contributed by atoms with Gasteiger partial charge in [0, 0.05) is 0 Å². The summed E-state index contributed by atoms with van der Waals surface area (Å²) in [6.45, 7) is 4.88. The molecule has 2 aliphatic carbocycles. The van der Waals surface area contributed by atoms with Crippen LogP contribution in [-0.2, 0) is 0 Å². The Morgan fingerprint density at radius 2 is 1.33 bits per heavy atom. The summed E-state index contributed by atoms with van der Waals surface area (Å²) in [5.41, 5.74) is 0. The second-order valence-corrected chi connectivity index (χ2v) is 4.05. The van der Waals surface area contributed by atoms with E-state index >= 15 is 0 Å². The highest BCUT2D eigenvalue weighted by Gasteiger charge is 2.42. The lowest BCUT2D eigenvalue weighted by molar-refractivity contribution is 0.259. The normalized spacial score (nSPS) is 56.7. The average molecular weight is 124 g/mol. The molecule has 0 heteroatoms. The predicted molar refractivity (Wildman–Crippen MR) is 39.2 cm³/mol. The van der Waals surface area contributed by atoms with E-state index in [0.29, 0.717) is 0 Å². The topological polar surface area (TPSA) is 0 Å². The lowest BCUT2D eigenvalue weighted by Crippen LogP contribution is -2.15. The van der Waals surface area contributed by atoms with Crippen molar-refractivity contribution in [3.05, 3.63) is 0 Å². The van der Waals surface area contributed by atoms with Gasteiger partial charge in [-0.1, -0.05) is 13.8 Å². The second-order valence-electron chi connectivity index (χ2n) is 4.05. The van der Waals surface area contributed by atoms with E-state index in [4.69, 9.17) is 0 Å². The molecule has 0 spiro atoms. The van der Waals surface area contributed by atoms with Crippen LogP contribution in [0, 0.1) is 23.7 Å². The van der Waals surface area contributed by atoms with Crippen molar-refractivity contribution in [2.45, 2.75) is 33.1 Å². The first-order valence-corrected chi connectivity index (χ1v) is 4.29. The minimum absolute atomic E-state index is 1.05. The molecule has 1 unspecified atom stereocenters. The van der Waals surface area contributed by atoms with Gasteiger partial charge in [-0.2, -0.15) is 0 Å². The standard InChI is InChI=1S/C9H16/c1-6-7(2)9-4-3-8(6)5-9/h6-9H,3-5H2,1-2H3/t6-,7?,8-,9-/m0/s1. The molecule has 0 N–H and O–H groups in total. The predicted octanol–water partition coefficient (Wildman–Crippen LogP) is 2.69. The molecule has 0 amide bonds. The third kappa shape index (κ3) is 0.653. The van der Waals surface area contributed by atoms with Gasteiger partial charge in [0.15, 0.2) is 0 Å². The zero-order valence-corrected chi connectivity index (χ0v) is 6.43. The maximum atomic E-state index is 2.44. The first-order valence-electron chi connectivity index (χ1n) is 4.29. The van der Waals surface area contributed by atoms with E-state index in [2.05, 4.69) is 13.8 Å². The maximum absolute atomic E-state index is 2.44. The van der Waals surface area contributed by atoms with E-state index in [9.17, 15) is 0 Å². The van der Waals surface area contributed by atoms with Gasteiger partial charge in [-0.05, 0) is 42.9 Å². The van der Waals surface area contributed by atoms with Crippen molar-refractivity contribution in [1.29, 1.82) is 0 Å². The Hall–Kier alpha value is 0. The summed E-state index contributed by atoms with van der Waals surface area (Å²) in [7, 11) is 0. The van der Waals surface area contributed by atoms with Crippen LogP contribution in [0.1, 0.15) is 33.1 Å². The number of rotatable bonds is 0. The molecule has 0 aromatic carbocycles. The fraction of sp³-hybridized carbons (Fsp3) is 1.00. The summed E-state index contributed by atoms with van der Waals surface area (Å²) in [5.74, 6) is 4.32. The van der Waals surface area contributed by atoms with Gasteiger partial charge >= 0.3 is 0 Å². The lowest BCUT2D eigenvalue weighted by atomic mass is 9.82. The Morgan fingerprint density at radius 1 is 0.889 bits per heavy atom. The van der Waals surface area contributed by atoms with Crippen molar-refractivity contribution in [2.75, 3.05) is 0 Å². The summed E-state index contributed by atoms with van der Waals surface area (Å²) in [6.07, 6.45) is 4.63. The van der Waals surface area contributed by atoms with Gasteiger partial charge in [0.2, 0.25) is 0 Å². The van der Waals surface area contributed by atoms with E-state index < -0.39 is 0 Å². The molecule has 4 atom stereocenters. The Labute approximate surface area is 57.6 Å². The van der Waals surface area contributed by atoms with E-state index in [1.807, 2.05) is 0 Å². The van der Waals surface area contributed by atoms with Crippen LogP contribution in [0.2, 0.25) is 0 Å². The van der Waals surface area contributed by atoms with Crippen molar-refractivity contribution < 1.29 is 0 Å². The van der Waals surface area contributed by atoms with Crippen LogP contribution in [0.25, 0.3) is 0 Å². The van der Waals surface area contributed by atoms with Crippen molar-refractivity contribution in [3.63, 3.8) is 0 Å². The highest BCUT2D eigenvalue weighted by Crippen LogP contribution is 2.51. The molecule has 0 saturated heterocycles. The molecule has 2 aliphatic rings. The Morgan fingerprint density at radius 3 is 1.56 bits per heavy atom. The molecule has 2 saturated carbocycles. The summed E-state index contributed by atoms with van der Waals surface area (Å²) >= 11 is 0. The molecule has 0 aliphatic heterocycles. The largest absolute Gasteiger partial charge is 0.0620 e. The summed E-state index contributed by atoms with van der Waals surface area (Å²) in [6, 6.07) is 0. The lowest BCUT2D eigenvalue weighted by Gasteiger charge is -2.24. The highest BCUT2D eigenvalue weighted by atomic mass is 14.5. The minimum Gasteiger partial charge on any atom is -0.0620 e. The van der Waals surface area contributed by atoms with Gasteiger partial charge in [-0.15, -0.1) is 0 Å². The van der Waals surface area contributed by atoms with Gasteiger partial charge in [0.05, 0.1) is 0 Å². The van der Waals surface area contributed by atoms with Crippen molar-refractivity contribution in [2.24, 2.45) is 23.7 Å². The third-order valence-electron chi connectivity index (χ3n) is 3.83. The smallest absolute Gasteiger partial charge is 0.0383 e. The molecule has 2 rings (SSSR count). The second kappa shape index (κ2) is 1.74. The Balaban J connectivity index is 2.15. The van der Waals surface area contributed by atoms with Crippen LogP contribution in [0.4, 0.5) is 0 Å². The number of fused-ring (bicyclic) bond motifs is 2. The van der Waals surface area contributed by atoms with E-state index in [1.54, 1.807) is 6.42 Å². The Bertz CT molecular complexity index is 99.2. The monoisotopic (exact) mass is 124 g/mol. The Kier molecular flexibility index (Phi) is 1.12. The SMILES string of the molecule is CC1[C@H]2CC[C@@H](C2)[C@H]1C. The highest BCUT2D eigenvalue weighted by molar-refractivity contribution is 4.92. The molecule has 0 heterocycles. The molecule has 52 valence electrons. The van der Waals surface area contributed by atoms with Gasteiger partial charge in [-0.25, -0.2) is 0 Å². The number of hydrogen-bond acceptors (Lipinski definition) is 0. The third-order valence-corrected chi connectivity index (χ3v) is 3.83. The molecule has 0 aromatic rings. The van der Waals surface area contributed by atoms with Gasteiger partial charge in [0.1, 0.15) is 0 Å². The first-order chi connectivity index (χ1) is 4.29. The molecule has 0 radical (unpaired) electrons. The van der Waals surface area contributed by atoms with Crippen molar-refractivity contribution in [1.82, 2.24) is 0 Å². The van der Waals surface area contributed by atoms with Crippen LogP contribution >= 0.6 is 0 Å². The number of hydrogen-bond donors (Lipinski definition) is 0. The van der Waals surface area contributed by atoms with Crippen LogP contribution in [-0.4, -0.2) is 0 Å². The van der Waals surface area contributed by atoms with Gasteiger partial charge in [-0.3, -0.25) is 0 Å². The van der Waals surface area contributed by atoms with Gasteiger partial charge in [0.25, 0.3) is 0 Å². The molecule has 2 fully saturated rings. The molecular formula is C9H16. The summed E-state index contributed by atoms with van der Waals surface area (Å²) in [4.78, 5) is 0. The van der Waals surface area contributed by atoms with E-state index in [0.717, 1.165) is 23.7 Å². The van der Waals surface area contributed by atoms with Crippen molar-refractivity contribution >= 4 is 0 Å². The summed E-state index contributed by atoms with van der Waals surface area (Å²) in [5, 5.41) is 0. The maximum Gasteiger partial charge on any atom is -0.0383 e. The van der Waals surface area contributed by atoms with Crippen LogP contribution in [0.15, 0.2) is 0 Å². The molecule has 9 heavy (non-hydrogen) atoms. The summed E-state index contributed by atoms with van der Waals surface area (Å²) < 4.78 is 0. The zero-order valence-electron chi connectivity index (χ0n) is 6.43. The zero-order chi connectivity index (χ0) is 6.43. The molecule has 2 bridgehead atoms. The van der Waals surface area contributed by atoms with E-state index in [-0.39, 0.29) is 0 Å². The van der Waals surface area contributed by atoms with Gasteiger partial charge < -0.3 is 0 Å². The van der Waals surface area contributed by atoms with E-state index in [1.165, 1.54) is 12.8 Å². The molecular weight excluding hydrogens is 108 g/mol. The molecule has 0 aromatic heterocycles. The average Bonchev–Trinajstić information content (AvgIpc) is 2.37. The first kappa shape index (κ1) is 5.76. The van der Waals surface area contributed by atoms with Crippen LogP contribution < -0.4 is 0 Å². The van der Waals surface area contributed by atoms with Crippen molar-refractivity contribution in [3.8, 4) is 0 Å². The quantitative estimate of drug-likeness (QED) is 0.465. The fourth-order valence-corrected chi connectivity index (χ4v) is 2.87. The minimum atomic E-state index is 1.05. The fourth-order valence-electron chi connectivity index (χ4n) is 2.87. The molecule has 0 nitrogen and oxygen atoms in total. The van der Waals surface area contributed by atoms with Crippen LogP contribution in [0.3, 0.4) is 0 Å². The van der Waals surface area contributed by atoms with Crippen LogP contribution in [0.5, 0.6) is 0 Å².